The zero-order valence-corrected chi connectivity index (χ0v) is 17.6. The summed E-state index contributed by atoms with van der Waals surface area (Å²) in [7, 11) is 0. The first-order valence-electron chi connectivity index (χ1n) is 8.29. The molecule has 1 aliphatic heterocycles. The van der Waals surface area contributed by atoms with Gasteiger partial charge in [-0.25, -0.2) is 14.7 Å². The third-order valence-corrected chi connectivity index (χ3v) is 3.66. The highest BCUT2D eigenvalue weighted by molar-refractivity contribution is 14.0. The number of halogens is 1. The Morgan fingerprint density at radius 1 is 1.27 bits per heavy atom. The van der Waals surface area contributed by atoms with Gasteiger partial charge in [0.2, 0.25) is 0 Å². The number of nitrogens with two attached hydrogens (primary N) is 1. The smallest absolute Gasteiger partial charge is 0.193 e. The van der Waals surface area contributed by atoms with E-state index in [4.69, 9.17) is 15.2 Å². The molecule has 0 bridgehead atoms. The molecule has 1 aromatic carbocycles. The maximum atomic E-state index is 6.00. The minimum absolute atomic E-state index is 0. The summed E-state index contributed by atoms with van der Waals surface area (Å²) in [5, 5.41) is 7.32. The monoisotopic (exact) mass is 472 g/mol. The second-order valence-corrected chi connectivity index (χ2v) is 6.80. The molecule has 26 heavy (non-hydrogen) atoms. The van der Waals surface area contributed by atoms with E-state index < -0.39 is 0 Å². The number of anilines is 1. The van der Waals surface area contributed by atoms with Gasteiger partial charge in [0.05, 0.1) is 18.8 Å². The molecule has 0 unspecified atom stereocenters. The highest BCUT2D eigenvalue weighted by Gasteiger charge is 2.18. The fraction of sp³-hybridized carbons (Fsp3) is 0.471. The Balaban J connectivity index is 0.00000243. The summed E-state index contributed by atoms with van der Waals surface area (Å²) in [6, 6.07) is 5.61. The topological polar surface area (TPSA) is 99.6 Å². The second-order valence-electron chi connectivity index (χ2n) is 6.80. The largest absolute Gasteiger partial charge is 0.490 e. The molecule has 2 aromatic rings. The van der Waals surface area contributed by atoms with Crippen LogP contribution in [0.3, 0.4) is 0 Å². The summed E-state index contributed by atoms with van der Waals surface area (Å²) in [6.45, 7) is 7.84. The Kier molecular flexibility index (Phi) is 6.68. The van der Waals surface area contributed by atoms with E-state index >= 15 is 0 Å². The summed E-state index contributed by atoms with van der Waals surface area (Å²) >= 11 is 0. The summed E-state index contributed by atoms with van der Waals surface area (Å²) in [6.07, 6.45) is 2.40. The van der Waals surface area contributed by atoms with Crippen LogP contribution in [0.5, 0.6) is 11.5 Å². The van der Waals surface area contributed by atoms with E-state index in [1.165, 1.54) is 6.33 Å². The van der Waals surface area contributed by atoms with Crippen LogP contribution >= 0.6 is 24.0 Å². The maximum Gasteiger partial charge on any atom is 0.193 e. The van der Waals surface area contributed by atoms with Crippen molar-refractivity contribution in [2.45, 2.75) is 39.3 Å². The highest BCUT2D eigenvalue weighted by atomic mass is 127. The number of aromatic nitrogens is 3. The van der Waals surface area contributed by atoms with E-state index in [9.17, 15) is 0 Å². The molecule has 142 valence electrons. The van der Waals surface area contributed by atoms with Gasteiger partial charge in [-0.05, 0) is 32.9 Å². The van der Waals surface area contributed by atoms with E-state index in [1.54, 1.807) is 0 Å². The van der Waals surface area contributed by atoms with Gasteiger partial charge in [0.15, 0.2) is 17.5 Å². The lowest BCUT2D eigenvalue weighted by atomic mass is 10.1. The van der Waals surface area contributed by atoms with Crippen molar-refractivity contribution in [3.63, 3.8) is 0 Å². The fourth-order valence-electron chi connectivity index (χ4n) is 2.52. The molecule has 3 N–H and O–H groups in total. The average molecular weight is 472 g/mol. The molecule has 0 saturated carbocycles. The maximum absolute atomic E-state index is 6.00. The molecule has 0 saturated heterocycles. The first kappa shape index (κ1) is 20.3. The quantitative estimate of drug-likeness (QED) is 0.405. The number of nitrogens with zero attached hydrogens (tertiary/aromatic N) is 4. The van der Waals surface area contributed by atoms with Crippen LogP contribution in [-0.2, 0) is 12.1 Å². The number of hydrogen-bond donors (Lipinski definition) is 2. The van der Waals surface area contributed by atoms with Gasteiger partial charge < -0.3 is 20.5 Å². The molecular weight excluding hydrogens is 447 g/mol. The Hall–Kier alpha value is -2.04. The molecule has 0 radical (unpaired) electrons. The summed E-state index contributed by atoms with van der Waals surface area (Å²) in [5.74, 6) is 2.52. The van der Waals surface area contributed by atoms with Crippen molar-refractivity contribution >= 4 is 35.6 Å². The molecule has 1 aliphatic rings. The first-order valence-corrected chi connectivity index (χ1v) is 8.29. The Labute approximate surface area is 170 Å². The van der Waals surface area contributed by atoms with Gasteiger partial charge in [0.25, 0.3) is 0 Å². The van der Waals surface area contributed by atoms with E-state index in [1.807, 2.05) is 22.9 Å². The molecular formula is C17H25IN6O2. The zero-order chi connectivity index (χ0) is 17.9. The van der Waals surface area contributed by atoms with Crippen LogP contribution in [0.25, 0.3) is 0 Å². The van der Waals surface area contributed by atoms with Gasteiger partial charge in [-0.2, -0.15) is 5.10 Å². The molecule has 0 aliphatic carbocycles. The highest BCUT2D eigenvalue weighted by Crippen LogP contribution is 2.32. The number of ether oxygens (including phenoxy) is 2. The number of rotatable bonds is 3. The van der Waals surface area contributed by atoms with Gasteiger partial charge in [0.1, 0.15) is 18.7 Å². The van der Waals surface area contributed by atoms with Gasteiger partial charge in [-0.3, -0.25) is 0 Å². The van der Waals surface area contributed by atoms with Crippen molar-refractivity contribution in [2.24, 2.45) is 10.7 Å². The van der Waals surface area contributed by atoms with Crippen molar-refractivity contribution in [3.8, 4) is 11.5 Å². The standard InChI is InChI=1S/C17H24N6O2.HI/c1-17(2,3)23-15(20-11-21-23)10-19-16(18)22-12-5-6-13-14(9-12)25-8-4-7-24-13;/h5-6,9,11H,4,7-8,10H2,1-3H3,(H3,18,19,22);1H. The van der Waals surface area contributed by atoms with E-state index in [0.717, 1.165) is 23.7 Å². The third kappa shape index (κ3) is 4.99. The molecule has 2 heterocycles. The zero-order valence-electron chi connectivity index (χ0n) is 15.2. The van der Waals surface area contributed by atoms with Crippen molar-refractivity contribution in [1.29, 1.82) is 0 Å². The van der Waals surface area contributed by atoms with Crippen molar-refractivity contribution < 1.29 is 9.47 Å². The molecule has 0 spiro atoms. The van der Waals surface area contributed by atoms with Crippen LogP contribution in [0, 0.1) is 0 Å². The molecule has 3 rings (SSSR count). The molecule has 0 fully saturated rings. The molecule has 9 heteroatoms. The summed E-state index contributed by atoms with van der Waals surface area (Å²) in [5.41, 5.74) is 6.64. The normalized spacial score (nSPS) is 14.3. The lowest BCUT2D eigenvalue weighted by Gasteiger charge is -2.20. The van der Waals surface area contributed by atoms with Crippen LogP contribution in [0.4, 0.5) is 5.69 Å². The van der Waals surface area contributed by atoms with Crippen molar-refractivity contribution in [2.75, 3.05) is 18.5 Å². The predicted octanol–water partition coefficient (Wildman–Crippen LogP) is 2.74. The summed E-state index contributed by atoms with van der Waals surface area (Å²) in [4.78, 5) is 8.61. The molecule has 0 amide bonds. The van der Waals surface area contributed by atoms with Crippen LogP contribution in [0.15, 0.2) is 29.5 Å². The molecule has 0 atom stereocenters. The van der Waals surface area contributed by atoms with E-state index in [2.05, 4.69) is 41.2 Å². The predicted molar refractivity (Wildman–Crippen MR) is 111 cm³/mol. The minimum Gasteiger partial charge on any atom is -0.490 e. The van der Waals surface area contributed by atoms with Gasteiger partial charge in [-0.1, -0.05) is 0 Å². The van der Waals surface area contributed by atoms with E-state index in [-0.39, 0.29) is 29.5 Å². The molecule has 8 nitrogen and oxygen atoms in total. The van der Waals surface area contributed by atoms with Gasteiger partial charge >= 0.3 is 0 Å². The van der Waals surface area contributed by atoms with Crippen LogP contribution in [0.2, 0.25) is 0 Å². The number of benzene rings is 1. The van der Waals surface area contributed by atoms with Crippen LogP contribution in [0.1, 0.15) is 33.0 Å². The van der Waals surface area contributed by atoms with Gasteiger partial charge in [-0.15, -0.1) is 24.0 Å². The Bertz CT molecular complexity index is 769. The Morgan fingerprint density at radius 2 is 2.00 bits per heavy atom. The number of hydrogen-bond acceptors (Lipinski definition) is 5. The third-order valence-electron chi connectivity index (χ3n) is 3.66. The first-order chi connectivity index (χ1) is 11.9. The summed E-state index contributed by atoms with van der Waals surface area (Å²) < 4.78 is 13.1. The lowest BCUT2D eigenvalue weighted by molar-refractivity contribution is 0.297. The fourth-order valence-corrected chi connectivity index (χ4v) is 2.52. The lowest BCUT2D eigenvalue weighted by Crippen LogP contribution is -2.26. The number of aliphatic imine (C=N–C) groups is 1. The van der Waals surface area contributed by atoms with Crippen LogP contribution < -0.4 is 20.5 Å². The number of nitrogens with one attached hydrogen (secondary N) is 1. The minimum atomic E-state index is -0.155. The number of fused-ring (bicyclic) bond motifs is 1. The second kappa shape index (κ2) is 8.56. The van der Waals surface area contributed by atoms with E-state index in [0.29, 0.717) is 31.5 Å². The van der Waals surface area contributed by atoms with Crippen molar-refractivity contribution in [3.05, 3.63) is 30.4 Å². The average Bonchev–Trinajstić information content (AvgIpc) is 2.92. The Morgan fingerprint density at radius 3 is 2.73 bits per heavy atom. The molecule has 1 aromatic heterocycles. The number of guanidine groups is 1. The SMILES string of the molecule is CC(C)(C)n1ncnc1CN=C(N)Nc1ccc2c(c1)OCCCO2.I. The van der Waals surface area contributed by atoms with Gasteiger partial charge in [0, 0.05) is 18.2 Å². The van der Waals surface area contributed by atoms with Crippen LogP contribution in [-0.4, -0.2) is 33.9 Å². The van der Waals surface area contributed by atoms with Crippen molar-refractivity contribution in [1.82, 2.24) is 14.8 Å².